The van der Waals surface area contributed by atoms with Gasteiger partial charge in [-0.1, -0.05) is 12.2 Å². The molecule has 0 amide bonds. The minimum absolute atomic E-state index is 0.234. The molecule has 2 rings (SSSR count). The quantitative estimate of drug-likeness (QED) is 0.644. The molecule has 0 aliphatic heterocycles. The van der Waals surface area contributed by atoms with Crippen LogP contribution in [0.3, 0.4) is 0 Å². The average Bonchev–Trinajstić information content (AvgIpc) is 2.71. The van der Waals surface area contributed by atoms with Gasteiger partial charge in [-0.05, 0) is 56.1 Å². The van der Waals surface area contributed by atoms with E-state index in [1.165, 1.54) is 43.3 Å². The Balaban J connectivity index is 2.02. The van der Waals surface area contributed by atoms with Crippen molar-refractivity contribution < 1.29 is 5.11 Å². The van der Waals surface area contributed by atoms with Crippen molar-refractivity contribution in [3.8, 4) is 0 Å². The molecule has 1 heteroatoms. The Morgan fingerprint density at radius 1 is 0.923 bits per heavy atom. The summed E-state index contributed by atoms with van der Waals surface area (Å²) < 4.78 is 0. The summed E-state index contributed by atoms with van der Waals surface area (Å²) in [5, 5.41) is 10.0. The smallest absolute Gasteiger partial charge is 0.0961 e. The molecule has 0 bridgehead atoms. The second kappa shape index (κ2) is 4.10. The fourth-order valence-corrected chi connectivity index (χ4v) is 2.29. The third-order valence-corrected chi connectivity index (χ3v) is 3.10. The van der Waals surface area contributed by atoms with Crippen LogP contribution < -0.4 is 0 Å². The number of aliphatic hydroxyl groups is 1. The molecule has 0 heterocycles. The Morgan fingerprint density at radius 3 is 2.08 bits per heavy atom. The molecule has 13 heavy (non-hydrogen) atoms. The molecule has 0 radical (unpaired) electrons. The van der Waals surface area contributed by atoms with Gasteiger partial charge in [-0.25, -0.2) is 0 Å². The van der Waals surface area contributed by atoms with Gasteiger partial charge in [0.2, 0.25) is 0 Å². The van der Waals surface area contributed by atoms with Gasteiger partial charge in [0.05, 0.1) is 6.10 Å². The van der Waals surface area contributed by atoms with Gasteiger partial charge in [0, 0.05) is 0 Å². The summed E-state index contributed by atoms with van der Waals surface area (Å²) >= 11 is 0. The maximum atomic E-state index is 10.0. The molecular formula is C12H18O. The van der Waals surface area contributed by atoms with E-state index in [4.69, 9.17) is 0 Å². The van der Waals surface area contributed by atoms with E-state index in [2.05, 4.69) is 12.2 Å². The predicted octanol–water partition coefficient (Wildman–Crippen LogP) is 2.96. The number of hydrogen-bond acceptors (Lipinski definition) is 1. The highest BCUT2D eigenvalue weighted by atomic mass is 16.3. The molecule has 1 N–H and O–H groups in total. The van der Waals surface area contributed by atoms with Gasteiger partial charge in [0.15, 0.2) is 0 Å². The van der Waals surface area contributed by atoms with E-state index in [1.54, 1.807) is 0 Å². The lowest BCUT2D eigenvalue weighted by Crippen LogP contribution is -2.14. The largest absolute Gasteiger partial charge is 0.384 e. The van der Waals surface area contributed by atoms with Crippen LogP contribution in [-0.2, 0) is 0 Å². The molecule has 2 aliphatic rings. The first kappa shape index (κ1) is 9.01. The van der Waals surface area contributed by atoms with E-state index in [9.17, 15) is 5.11 Å². The highest BCUT2D eigenvalue weighted by molar-refractivity contribution is 5.26. The molecule has 72 valence electrons. The van der Waals surface area contributed by atoms with Crippen LogP contribution in [-0.4, -0.2) is 11.2 Å². The zero-order chi connectivity index (χ0) is 9.10. The maximum absolute atomic E-state index is 10.0. The molecular weight excluding hydrogens is 160 g/mol. The minimum atomic E-state index is -0.234. The van der Waals surface area contributed by atoms with Gasteiger partial charge < -0.3 is 5.11 Å². The van der Waals surface area contributed by atoms with Crippen LogP contribution in [0.4, 0.5) is 0 Å². The van der Waals surface area contributed by atoms with E-state index in [0.29, 0.717) is 0 Å². The Kier molecular flexibility index (Phi) is 2.84. The molecule has 1 nitrogen and oxygen atoms in total. The van der Waals surface area contributed by atoms with Crippen molar-refractivity contribution in [2.75, 3.05) is 0 Å². The molecule has 0 saturated heterocycles. The van der Waals surface area contributed by atoms with Crippen molar-refractivity contribution in [1.82, 2.24) is 0 Å². The third-order valence-electron chi connectivity index (χ3n) is 3.10. The summed E-state index contributed by atoms with van der Waals surface area (Å²) in [5.74, 6) is 0. The summed E-state index contributed by atoms with van der Waals surface area (Å²) in [6.45, 7) is 0. The van der Waals surface area contributed by atoms with Gasteiger partial charge in [-0.3, -0.25) is 0 Å². The van der Waals surface area contributed by atoms with Gasteiger partial charge in [0.25, 0.3) is 0 Å². The number of allylic oxidation sites excluding steroid dienone is 2. The molecule has 0 aromatic rings. The van der Waals surface area contributed by atoms with Crippen molar-refractivity contribution >= 4 is 0 Å². The van der Waals surface area contributed by atoms with E-state index < -0.39 is 0 Å². The van der Waals surface area contributed by atoms with Crippen LogP contribution in [0.2, 0.25) is 0 Å². The molecule has 0 spiro atoms. The second-order valence-electron chi connectivity index (χ2n) is 4.10. The van der Waals surface area contributed by atoms with Crippen molar-refractivity contribution in [2.45, 2.75) is 51.0 Å². The van der Waals surface area contributed by atoms with Crippen molar-refractivity contribution in [2.24, 2.45) is 0 Å². The minimum Gasteiger partial charge on any atom is -0.384 e. The Labute approximate surface area is 80.2 Å². The van der Waals surface area contributed by atoms with E-state index in [-0.39, 0.29) is 6.10 Å². The fourth-order valence-electron chi connectivity index (χ4n) is 2.29. The summed E-state index contributed by atoms with van der Waals surface area (Å²) in [7, 11) is 0. The topological polar surface area (TPSA) is 20.2 Å². The maximum Gasteiger partial charge on any atom is 0.0961 e. The molecule has 0 aromatic carbocycles. The number of aliphatic hydroxyl groups excluding tert-OH is 1. The van der Waals surface area contributed by atoms with Crippen molar-refractivity contribution in [1.29, 1.82) is 0 Å². The first-order chi connectivity index (χ1) is 6.38. The third kappa shape index (κ3) is 2.02. The summed E-state index contributed by atoms with van der Waals surface area (Å²) in [6.07, 6.45) is 12.6. The first-order valence-corrected chi connectivity index (χ1v) is 5.44. The number of rotatable bonds is 2. The molecule has 1 unspecified atom stereocenters. The summed E-state index contributed by atoms with van der Waals surface area (Å²) in [5.41, 5.74) is 2.55. The Morgan fingerprint density at radius 2 is 1.54 bits per heavy atom. The molecule has 0 aromatic heterocycles. The van der Waals surface area contributed by atoms with Crippen LogP contribution in [0.25, 0.3) is 0 Å². The molecule has 0 saturated carbocycles. The van der Waals surface area contributed by atoms with Crippen LogP contribution >= 0.6 is 0 Å². The van der Waals surface area contributed by atoms with E-state index >= 15 is 0 Å². The fraction of sp³-hybridized carbons (Fsp3) is 0.667. The van der Waals surface area contributed by atoms with Crippen LogP contribution in [0, 0.1) is 0 Å². The molecule has 0 fully saturated rings. The normalized spacial score (nSPS) is 25.3. The van der Waals surface area contributed by atoms with Gasteiger partial charge in [-0.15, -0.1) is 0 Å². The lowest BCUT2D eigenvalue weighted by atomic mass is 9.91. The highest BCUT2D eigenvalue weighted by Crippen LogP contribution is 2.29. The predicted molar refractivity (Wildman–Crippen MR) is 54.5 cm³/mol. The monoisotopic (exact) mass is 178 g/mol. The van der Waals surface area contributed by atoms with Gasteiger partial charge >= 0.3 is 0 Å². The van der Waals surface area contributed by atoms with E-state index in [0.717, 1.165) is 12.8 Å². The standard InChI is InChI=1S/C12H18O/c13-12(11-8-4-5-9-11)10-6-2-1-3-7-10/h6,8,12-13H,1-5,7,9H2. The molecule has 1 atom stereocenters. The summed E-state index contributed by atoms with van der Waals surface area (Å²) in [6, 6.07) is 0. The van der Waals surface area contributed by atoms with Crippen LogP contribution in [0.5, 0.6) is 0 Å². The average molecular weight is 178 g/mol. The summed E-state index contributed by atoms with van der Waals surface area (Å²) in [4.78, 5) is 0. The first-order valence-electron chi connectivity index (χ1n) is 5.44. The Bertz CT molecular complexity index is 238. The molecule has 2 aliphatic carbocycles. The zero-order valence-electron chi connectivity index (χ0n) is 8.13. The SMILES string of the molecule is OC(C1=CCCC1)C1=CCCCC1. The second-order valence-corrected chi connectivity index (χ2v) is 4.10. The lowest BCUT2D eigenvalue weighted by molar-refractivity contribution is 0.236. The number of hydrogen-bond donors (Lipinski definition) is 1. The zero-order valence-corrected chi connectivity index (χ0v) is 8.13. The van der Waals surface area contributed by atoms with Crippen LogP contribution in [0.1, 0.15) is 44.9 Å². The Hall–Kier alpha value is -0.560. The van der Waals surface area contributed by atoms with Crippen LogP contribution in [0.15, 0.2) is 23.3 Å². The van der Waals surface area contributed by atoms with Crippen molar-refractivity contribution in [3.63, 3.8) is 0 Å². The highest BCUT2D eigenvalue weighted by Gasteiger charge is 2.19. The van der Waals surface area contributed by atoms with Gasteiger partial charge in [0.1, 0.15) is 0 Å². The van der Waals surface area contributed by atoms with E-state index in [1.807, 2.05) is 0 Å². The lowest BCUT2D eigenvalue weighted by Gasteiger charge is -2.19. The van der Waals surface area contributed by atoms with Gasteiger partial charge in [-0.2, -0.15) is 0 Å². The van der Waals surface area contributed by atoms with Crippen molar-refractivity contribution in [3.05, 3.63) is 23.3 Å².